The number of hydrogen-bond acceptors (Lipinski definition) is 3. The van der Waals surface area contributed by atoms with Crippen molar-refractivity contribution in [1.82, 2.24) is 10.2 Å². The van der Waals surface area contributed by atoms with Crippen LogP contribution >= 0.6 is 27.5 Å². The fourth-order valence-corrected chi connectivity index (χ4v) is 4.65. The zero-order valence-corrected chi connectivity index (χ0v) is 17.7. The monoisotopic (exact) mass is 456 g/mol. The van der Waals surface area contributed by atoms with Crippen LogP contribution in [0.5, 0.6) is 5.75 Å². The van der Waals surface area contributed by atoms with Crippen molar-refractivity contribution in [2.24, 2.45) is 5.92 Å². The summed E-state index contributed by atoms with van der Waals surface area (Å²) in [6.45, 7) is 1.41. The molecule has 1 heterocycles. The van der Waals surface area contributed by atoms with Crippen LogP contribution in [0.2, 0.25) is 5.02 Å². The van der Waals surface area contributed by atoms with Crippen molar-refractivity contribution in [3.63, 3.8) is 0 Å². The van der Waals surface area contributed by atoms with Gasteiger partial charge in [0, 0.05) is 30.1 Å². The molecule has 148 valence electrons. The number of rotatable bonds is 5. The summed E-state index contributed by atoms with van der Waals surface area (Å²) in [6, 6.07) is 5.28. The second-order valence-corrected chi connectivity index (χ2v) is 8.66. The number of benzene rings is 1. The number of carbonyl (C=O) groups is 2. The normalized spacial score (nSPS) is 19.0. The van der Waals surface area contributed by atoms with E-state index in [-0.39, 0.29) is 24.5 Å². The second kappa shape index (κ2) is 9.78. The van der Waals surface area contributed by atoms with Crippen molar-refractivity contribution in [3.05, 3.63) is 27.7 Å². The number of hydrogen-bond donors (Lipinski definition) is 1. The van der Waals surface area contributed by atoms with Crippen LogP contribution in [-0.4, -0.2) is 42.5 Å². The first-order valence-corrected chi connectivity index (χ1v) is 10.9. The summed E-state index contributed by atoms with van der Waals surface area (Å²) in [5.74, 6) is 0.975. The molecule has 2 aliphatic rings. The highest BCUT2D eigenvalue weighted by Gasteiger charge is 2.29. The first kappa shape index (κ1) is 20.5. The molecular weight excluding hydrogens is 432 g/mol. The lowest BCUT2D eigenvalue weighted by Gasteiger charge is -2.35. The topological polar surface area (TPSA) is 58.6 Å². The lowest BCUT2D eigenvalue weighted by molar-refractivity contribution is -0.137. The van der Waals surface area contributed by atoms with Crippen LogP contribution in [-0.2, 0) is 9.59 Å². The minimum atomic E-state index is -0.145. The smallest absolute Gasteiger partial charge is 0.258 e. The molecule has 1 aliphatic heterocycles. The van der Waals surface area contributed by atoms with Gasteiger partial charge in [-0.1, -0.05) is 30.9 Å². The average Bonchev–Trinajstić information content (AvgIpc) is 2.68. The highest BCUT2D eigenvalue weighted by molar-refractivity contribution is 9.10. The molecule has 27 heavy (non-hydrogen) atoms. The van der Waals surface area contributed by atoms with E-state index in [0.29, 0.717) is 16.7 Å². The molecule has 1 aromatic rings. The van der Waals surface area contributed by atoms with Crippen molar-refractivity contribution in [3.8, 4) is 5.75 Å². The Labute approximate surface area is 173 Å². The predicted molar refractivity (Wildman–Crippen MR) is 109 cm³/mol. The third kappa shape index (κ3) is 5.85. The molecule has 1 saturated heterocycles. The number of carbonyl (C=O) groups excluding carboxylic acids is 2. The standard InChI is InChI=1S/C20H26BrClN2O3/c21-17-12-15(22)6-7-18(17)27-13-19(25)23-16-8-10-24(11-9-16)20(26)14-4-2-1-3-5-14/h6-7,12,14,16H,1-5,8-11,13H2,(H,23,25). The van der Waals surface area contributed by atoms with Gasteiger partial charge < -0.3 is 15.0 Å². The number of amides is 2. The van der Waals surface area contributed by atoms with Crippen molar-refractivity contribution in [2.75, 3.05) is 19.7 Å². The Bertz CT molecular complexity index is 671. The number of piperidine rings is 1. The maximum atomic E-state index is 12.6. The molecule has 1 N–H and O–H groups in total. The van der Waals surface area contributed by atoms with Gasteiger partial charge >= 0.3 is 0 Å². The summed E-state index contributed by atoms with van der Waals surface area (Å²) < 4.78 is 6.27. The van der Waals surface area contributed by atoms with Crippen LogP contribution in [0.3, 0.4) is 0 Å². The zero-order chi connectivity index (χ0) is 19.2. The van der Waals surface area contributed by atoms with Crippen LogP contribution in [0.25, 0.3) is 0 Å². The minimum absolute atomic E-state index is 0.0402. The van der Waals surface area contributed by atoms with E-state index < -0.39 is 0 Å². The zero-order valence-electron chi connectivity index (χ0n) is 15.4. The fourth-order valence-electron chi connectivity index (χ4n) is 3.86. The fraction of sp³-hybridized carbons (Fsp3) is 0.600. The summed E-state index contributed by atoms with van der Waals surface area (Å²) in [7, 11) is 0. The van der Waals surface area contributed by atoms with E-state index in [9.17, 15) is 9.59 Å². The maximum absolute atomic E-state index is 12.6. The summed E-state index contributed by atoms with van der Waals surface area (Å²) in [4.78, 5) is 26.8. The SMILES string of the molecule is O=C(COc1ccc(Cl)cc1Br)NC1CCN(C(=O)C2CCCCC2)CC1. The number of ether oxygens (including phenoxy) is 1. The van der Waals surface area contributed by atoms with E-state index in [0.717, 1.165) is 43.2 Å². The number of nitrogens with one attached hydrogen (secondary N) is 1. The molecule has 1 aliphatic carbocycles. The highest BCUT2D eigenvalue weighted by Crippen LogP contribution is 2.28. The van der Waals surface area contributed by atoms with Gasteiger partial charge in [-0.05, 0) is 59.8 Å². The Hall–Kier alpha value is -1.27. The van der Waals surface area contributed by atoms with E-state index in [1.807, 2.05) is 4.90 Å². The van der Waals surface area contributed by atoms with E-state index in [2.05, 4.69) is 21.2 Å². The molecule has 0 radical (unpaired) electrons. The van der Waals surface area contributed by atoms with Crippen molar-refractivity contribution >= 4 is 39.3 Å². The van der Waals surface area contributed by atoms with E-state index in [1.165, 1.54) is 19.3 Å². The third-order valence-electron chi connectivity index (χ3n) is 5.38. The molecule has 2 fully saturated rings. The lowest BCUT2D eigenvalue weighted by Crippen LogP contribution is -2.49. The molecule has 0 unspecified atom stereocenters. The van der Waals surface area contributed by atoms with Gasteiger partial charge in [-0.25, -0.2) is 0 Å². The Kier molecular flexibility index (Phi) is 7.41. The minimum Gasteiger partial charge on any atom is -0.483 e. The average molecular weight is 458 g/mol. The highest BCUT2D eigenvalue weighted by atomic mass is 79.9. The summed E-state index contributed by atoms with van der Waals surface area (Å²) in [5.41, 5.74) is 0. The van der Waals surface area contributed by atoms with Gasteiger partial charge in [0.2, 0.25) is 5.91 Å². The van der Waals surface area contributed by atoms with Crippen LogP contribution in [0.15, 0.2) is 22.7 Å². The molecular formula is C20H26BrClN2O3. The first-order valence-electron chi connectivity index (χ1n) is 9.69. The molecule has 7 heteroatoms. The van der Waals surface area contributed by atoms with Crippen LogP contribution in [0.4, 0.5) is 0 Å². The van der Waals surface area contributed by atoms with Crippen molar-refractivity contribution in [2.45, 2.75) is 51.0 Å². The van der Waals surface area contributed by atoms with Crippen molar-refractivity contribution in [1.29, 1.82) is 0 Å². The molecule has 0 spiro atoms. The Balaban J connectivity index is 1.39. The Morgan fingerprint density at radius 2 is 1.85 bits per heavy atom. The van der Waals surface area contributed by atoms with Gasteiger partial charge in [-0.15, -0.1) is 0 Å². The van der Waals surface area contributed by atoms with Gasteiger partial charge in [-0.3, -0.25) is 9.59 Å². The largest absolute Gasteiger partial charge is 0.483 e. The second-order valence-electron chi connectivity index (χ2n) is 7.37. The van der Waals surface area contributed by atoms with Gasteiger partial charge in [0.05, 0.1) is 4.47 Å². The summed E-state index contributed by atoms with van der Waals surface area (Å²) >= 11 is 9.27. The third-order valence-corrected chi connectivity index (χ3v) is 6.23. The Morgan fingerprint density at radius 3 is 2.52 bits per heavy atom. The van der Waals surface area contributed by atoms with E-state index >= 15 is 0 Å². The van der Waals surface area contributed by atoms with E-state index in [4.69, 9.17) is 16.3 Å². The van der Waals surface area contributed by atoms with Gasteiger partial charge in [-0.2, -0.15) is 0 Å². The summed E-state index contributed by atoms with van der Waals surface area (Å²) in [6.07, 6.45) is 7.27. The van der Waals surface area contributed by atoms with Crippen molar-refractivity contribution < 1.29 is 14.3 Å². The maximum Gasteiger partial charge on any atom is 0.258 e. The van der Waals surface area contributed by atoms with Crippen LogP contribution in [0, 0.1) is 5.92 Å². The molecule has 0 atom stereocenters. The van der Waals surface area contributed by atoms with Crippen LogP contribution < -0.4 is 10.1 Å². The predicted octanol–water partition coefficient (Wildman–Crippen LogP) is 4.17. The van der Waals surface area contributed by atoms with Gasteiger partial charge in [0.15, 0.2) is 6.61 Å². The van der Waals surface area contributed by atoms with Gasteiger partial charge in [0.25, 0.3) is 5.91 Å². The number of halogens is 2. The van der Waals surface area contributed by atoms with Crippen LogP contribution in [0.1, 0.15) is 44.9 Å². The van der Waals surface area contributed by atoms with Gasteiger partial charge in [0.1, 0.15) is 5.75 Å². The molecule has 3 rings (SSSR count). The molecule has 0 bridgehead atoms. The number of nitrogens with zero attached hydrogens (tertiary/aromatic N) is 1. The molecule has 2 amide bonds. The lowest BCUT2D eigenvalue weighted by atomic mass is 9.87. The number of likely N-dealkylation sites (tertiary alicyclic amines) is 1. The molecule has 5 nitrogen and oxygen atoms in total. The quantitative estimate of drug-likeness (QED) is 0.722. The summed E-state index contributed by atoms with van der Waals surface area (Å²) in [5, 5.41) is 3.62. The van der Waals surface area contributed by atoms with E-state index in [1.54, 1.807) is 18.2 Å². The molecule has 0 aromatic heterocycles. The first-order chi connectivity index (χ1) is 13.0. The Morgan fingerprint density at radius 1 is 1.15 bits per heavy atom. The molecule has 1 aromatic carbocycles. The molecule has 1 saturated carbocycles.